The van der Waals surface area contributed by atoms with Crippen LogP contribution in [0.3, 0.4) is 0 Å². The zero-order chi connectivity index (χ0) is 21.7. The SMILES string of the molecule is CC(C)(C)c1ncc(NC(=O)CSCC(=O)Nc2cnc(C(C)(C)C)nc2)cn1. The van der Waals surface area contributed by atoms with Gasteiger partial charge in [-0.25, -0.2) is 19.9 Å². The second-order valence-electron chi connectivity index (χ2n) is 8.68. The van der Waals surface area contributed by atoms with E-state index >= 15 is 0 Å². The average molecular weight is 417 g/mol. The van der Waals surface area contributed by atoms with E-state index in [1.165, 1.54) is 11.8 Å². The summed E-state index contributed by atoms with van der Waals surface area (Å²) >= 11 is 1.22. The summed E-state index contributed by atoms with van der Waals surface area (Å²) in [5, 5.41) is 5.46. The predicted octanol–water partition coefficient (Wildman–Crippen LogP) is 3.17. The summed E-state index contributed by atoms with van der Waals surface area (Å²) in [5.41, 5.74) is 0.765. The minimum absolute atomic E-state index is 0.147. The smallest absolute Gasteiger partial charge is 0.234 e. The van der Waals surface area contributed by atoms with Crippen molar-refractivity contribution >= 4 is 35.0 Å². The molecule has 0 saturated carbocycles. The first-order valence-electron chi connectivity index (χ1n) is 9.27. The fraction of sp³-hybridized carbons (Fsp3) is 0.500. The Labute approximate surface area is 175 Å². The number of hydrogen-bond donors (Lipinski definition) is 2. The molecule has 0 unspecified atom stereocenters. The van der Waals surface area contributed by atoms with Crippen LogP contribution >= 0.6 is 11.8 Å². The average Bonchev–Trinajstić information content (AvgIpc) is 2.61. The number of rotatable bonds is 6. The number of carbonyl (C=O) groups is 2. The van der Waals surface area contributed by atoms with Crippen molar-refractivity contribution in [3.8, 4) is 0 Å². The lowest BCUT2D eigenvalue weighted by molar-refractivity contribution is -0.114. The summed E-state index contributed by atoms with van der Waals surface area (Å²) in [6.07, 6.45) is 6.35. The number of amides is 2. The van der Waals surface area contributed by atoms with Crippen molar-refractivity contribution in [3.63, 3.8) is 0 Å². The number of thioether (sulfide) groups is 1. The van der Waals surface area contributed by atoms with Crippen molar-refractivity contribution in [1.29, 1.82) is 0 Å². The molecule has 0 radical (unpaired) electrons. The second kappa shape index (κ2) is 9.30. The summed E-state index contributed by atoms with van der Waals surface area (Å²) < 4.78 is 0. The maximum absolute atomic E-state index is 12.0. The largest absolute Gasteiger partial charge is 0.323 e. The number of hydrogen-bond acceptors (Lipinski definition) is 7. The van der Waals surface area contributed by atoms with Crippen molar-refractivity contribution in [2.75, 3.05) is 22.1 Å². The lowest BCUT2D eigenvalue weighted by Gasteiger charge is -2.16. The number of carbonyl (C=O) groups excluding carboxylic acids is 2. The third kappa shape index (κ3) is 7.41. The third-order valence-electron chi connectivity index (χ3n) is 3.68. The minimum Gasteiger partial charge on any atom is -0.323 e. The molecule has 0 aliphatic carbocycles. The van der Waals surface area contributed by atoms with Gasteiger partial charge < -0.3 is 10.6 Å². The molecule has 2 rings (SSSR count). The lowest BCUT2D eigenvalue weighted by atomic mass is 9.96. The molecule has 0 fully saturated rings. The van der Waals surface area contributed by atoms with Gasteiger partial charge in [0.2, 0.25) is 11.8 Å². The van der Waals surface area contributed by atoms with Gasteiger partial charge in [0, 0.05) is 10.8 Å². The second-order valence-corrected chi connectivity index (χ2v) is 9.67. The Balaban J connectivity index is 1.75. The number of nitrogens with one attached hydrogen (secondary N) is 2. The van der Waals surface area contributed by atoms with Crippen molar-refractivity contribution in [3.05, 3.63) is 36.4 Å². The molecular weight excluding hydrogens is 388 g/mol. The van der Waals surface area contributed by atoms with Crippen molar-refractivity contribution < 1.29 is 9.59 Å². The molecule has 0 spiro atoms. The van der Waals surface area contributed by atoms with Crippen molar-refractivity contribution in [2.24, 2.45) is 0 Å². The normalized spacial score (nSPS) is 11.8. The molecule has 2 aromatic rings. The van der Waals surface area contributed by atoms with Gasteiger partial charge in [0.05, 0.1) is 47.7 Å². The molecule has 156 valence electrons. The molecule has 0 aliphatic heterocycles. The molecule has 0 aromatic carbocycles. The quantitative estimate of drug-likeness (QED) is 0.744. The highest BCUT2D eigenvalue weighted by Gasteiger charge is 2.18. The van der Waals surface area contributed by atoms with Gasteiger partial charge in [-0.15, -0.1) is 11.8 Å². The lowest BCUT2D eigenvalue weighted by Crippen LogP contribution is -2.20. The summed E-state index contributed by atoms with van der Waals surface area (Å²) in [7, 11) is 0. The van der Waals surface area contributed by atoms with Crippen LogP contribution in [0.2, 0.25) is 0 Å². The van der Waals surface area contributed by atoms with E-state index in [2.05, 4.69) is 30.6 Å². The summed E-state index contributed by atoms with van der Waals surface area (Å²) in [6.45, 7) is 12.1. The van der Waals surface area contributed by atoms with Crippen LogP contribution < -0.4 is 10.6 Å². The van der Waals surface area contributed by atoms with E-state index in [4.69, 9.17) is 0 Å². The van der Waals surface area contributed by atoms with Crippen LogP contribution in [0.4, 0.5) is 11.4 Å². The molecule has 0 saturated heterocycles. The van der Waals surface area contributed by atoms with Gasteiger partial charge in [0.1, 0.15) is 11.6 Å². The fourth-order valence-corrected chi connectivity index (χ4v) is 2.81. The highest BCUT2D eigenvalue weighted by atomic mass is 32.2. The molecule has 0 atom stereocenters. The zero-order valence-electron chi connectivity index (χ0n) is 17.7. The first-order valence-corrected chi connectivity index (χ1v) is 10.4. The molecule has 2 aromatic heterocycles. The van der Waals surface area contributed by atoms with E-state index in [1.807, 2.05) is 41.5 Å². The monoisotopic (exact) mass is 416 g/mol. The minimum atomic E-state index is -0.215. The predicted molar refractivity (Wildman–Crippen MR) is 116 cm³/mol. The van der Waals surface area contributed by atoms with E-state index in [1.54, 1.807) is 24.8 Å². The summed E-state index contributed by atoms with van der Waals surface area (Å²) in [5.74, 6) is 1.28. The van der Waals surface area contributed by atoms with Crippen LogP contribution in [0.15, 0.2) is 24.8 Å². The standard InChI is InChI=1S/C20H28N6O2S/c1-19(2,3)17-21-7-13(8-22-17)25-15(27)11-29-12-16(28)26-14-9-23-18(24-10-14)20(4,5)6/h7-10H,11-12H2,1-6H3,(H,25,27)(H,26,28). The van der Waals surface area contributed by atoms with E-state index in [9.17, 15) is 9.59 Å². The molecule has 2 N–H and O–H groups in total. The van der Waals surface area contributed by atoms with Crippen LogP contribution in [-0.4, -0.2) is 43.3 Å². The summed E-state index contributed by atoms with van der Waals surface area (Å²) in [6, 6.07) is 0. The maximum atomic E-state index is 12.0. The molecule has 0 aliphatic rings. The van der Waals surface area contributed by atoms with Gasteiger partial charge in [0.15, 0.2) is 0 Å². The van der Waals surface area contributed by atoms with Gasteiger partial charge in [0.25, 0.3) is 0 Å². The summed E-state index contributed by atoms with van der Waals surface area (Å²) in [4.78, 5) is 41.1. The molecule has 2 heterocycles. The van der Waals surface area contributed by atoms with Gasteiger partial charge in [-0.05, 0) is 0 Å². The van der Waals surface area contributed by atoms with Gasteiger partial charge in [-0.2, -0.15) is 0 Å². The Hall–Kier alpha value is -2.55. The fourth-order valence-electron chi connectivity index (χ4n) is 2.19. The Morgan fingerprint density at radius 2 is 1.03 bits per heavy atom. The van der Waals surface area contributed by atoms with E-state index in [0.717, 1.165) is 0 Å². The van der Waals surface area contributed by atoms with Crippen LogP contribution in [-0.2, 0) is 20.4 Å². The molecule has 29 heavy (non-hydrogen) atoms. The molecule has 8 nitrogen and oxygen atoms in total. The Morgan fingerprint density at radius 1 is 0.724 bits per heavy atom. The molecular formula is C20H28N6O2S. The molecule has 9 heteroatoms. The topological polar surface area (TPSA) is 110 Å². The number of anilines is 2. The van der Waals surface area contributed by atoms with Crippen LogP contribution in [0.1, 0.15) is 53.2 Å². The van der Waals surface area contributed by atoms with E-state index in [0.29, 0.717) is 23.0 Å². The highest BCUT2D eigenvalue weighted by Crippen LogP contribution is 2.19. The van der Waals surface area contributed by atoms with Crippen molar-refractivity contribution in [2.45, 2.75) is 52.4 Å². The van der Waals surface area contributed by atoms with E-state index in [-0.39, 0.29) is 34.2 Å². The third-order valence-corrected chi connectivity index (χ3v) is 4.61. The van der Waals surface area contributed by atoms with Gasteiger partial charge in [-0.1, -0.05) is 41.5 Å². The highest BCUT2D eigenvalue weighted by molar-refractivity contribution is 8.00. The number of nitrogens with zero attached hydrogens (tertiary/aromatic N) is 4. The van der Waals surface area contributed by atoms with Crippen molar-refractivity contribution in [1.82, 2.24) is 19.9 Å². The molecule has 0 bridgehead atoms. The van der Waals surface area contributed by atoms with Gasteiger partial charge >= 0.3 is 0 Å². The first-order chi connectivity index (χ1) is 13.4. The van der Waals surface area contributed by atoms with Crippen LogP contribution in [0.5, 0.6) is 0 Å². The van der Waals surface area contributed by atoms with E-state index < -0.39 is 0 Å². The molecule has 2 amide bonds. The maximum Gasteiger partial charge on any atom is 0.234 e. The Bertz CT molecular complexity index is 768. The zero-order valence-corrected chi connectivity index (χ0v) is 18.6. The number of aromatic nitrogens is 4. The van der Waals surface area contributed by atoms with Crippen LogP contribution in [0.25, 0.3) is 0 Å². The first kappa shape index (κ1) is 22.7. The Kier molecular flexibility index (Phi) is 7.29. The Morgan fingerprint density at radius 3 is 1.31 bits per heavy atom. The van der Waals surface area contributed by atoms with Crippen LogP contribution in [0, 0.1) is 0 Å². The van der Waals surface area contributed by atoms with Gasteiger partial charge in [-0.3, -0.25) is 9.59 Å².